The summed E-state index contributed by atoms with van der Waals surface area (Å²) < 4.78 is 37.8. The first-order valence-corrected chi connectivity index (χ1v) is 7.82. The van der Waals surface area contributed by atoms with E-state index in [-0.39, 0.29) is 11.1 Å². The average Bonchev–Trinajstić information content (AvgIpc) is 2.78. The molecule has 2 N–H and O–H groups in total. The Morgan fingerprint density at radius 3 is 2.36 bits per heavy atom. The number of Topliss-reactive ketones (excluding diaryl/α,β-unsaturated/α-hetero) is 2. The summed E-state index contributed by atoms with van der Waals surface area (Å²) in [6.45, 7) is 5.12. The number of ketones is 2. The minimum Gasteiger partial charge on any atom is -0.506 e. The third-order valence-corrected chi connectivity index (χ3v) is 4.13. The van der Waals surface area contributed by atoms with Gasteiger partial charge in [-0.2, -0.15) is 13.2 Å². The SMILES string of the molecule is CCN(CC)C(=S)Nc1ccc2c(c1)C(O)=C(C(=O)C(F)(F)F)C2=O. The number of alkyl halides is 3. The highest BCUT2D eigenvalue weighted by Gasteiger charge is 2.47. The van der Waals surface area contributed by atoms with Gasteiger partial charge in [0.1, 0.15) is 11.3 Å². The molecule has 0 radical (unpaired) electrons. The van der Waals surface area contributed by atoms with Crippen molar-refractivity contribution in [2.75, 3.05) is 18.4 Å². The lowest BCUT2D eigenvalue weighted by Crippen LogP contribution is -2.34. The fourth-order valence-corrected chi connectivity index (χ4v) is 2.83. The Morgan fingerprint density at radius 2 is 1.84 bits per heavy atom. The van der Waals surface area contributed by atoms with Crippen molar-refractivity contribution in [2.45, 2.75) is 20.0 Å². The van der Waals surface area contributed by atoms with E-state index in [1.54, 1.807) is 0 Å². The van der Waals surface area contributed by atoms with Gasteiger partial charge < -0.3 is 15.3 Å². The number of aliphatic hydroxyl groups excluding tert-OH is 1. The highest BCUT2D eigenvalue weighted by Crippen LogP contribution is 2.36. The molecule has 0 atom stereocenters. The predicted molar refractivity (Wildman–Crippen MR) is 90.5 cm³/mol. The maximum absolute atomic E-state index is 12.6. The number of anilines is 1. The fraction of sp³-hybridized carbons (Fsp3) is 0.312. The number of fused-ring (bicyclic) bond motifs is 1. The molecule has 134 valence electrons. The monoisotopic (exact) mass is 372 g/mol. The second-order valence-corrected chi connectivity index (χ2v) is 5.63. The van der Waals surface area contributed by atoms with E-state index in [0.717, 1.165) is 0 Å². The number of aliphatic hydroxyl groups is 1. The van der Waals surface area contributed by atoms with Crippen LogP contribution in [0.3, 0.4) is 0 Å². The van der Waals surface area contributed by atoms with Gasteiger partial charge in [0.05, 0.1) is 0 Å². The number of nitrogens with one attached hydrogen (secondary N) is 1. The molecule has 5 nitrogen and oxygen atoms in total. The van der Waals surface area contributed by atoms with Gasteiger partial charge in [0.2, 0.25) is 5.78 Å². The first-order valence-electron chi connectivity index (χ1n) is 7.41. The zero-order valence-corrected chi connectivity index (χ0v) is 14.2. The molecule has 0 bridgehead atoms. The largest absolute Gasteiger partial charge is 0.506 e. The Morgan fingerprint density at radius 1 is 1.24 bits per heavy atom. The number of carbonyl (C=O) groups excluding carboxylic acids is 2. The summed E-state index contributed by atoms with van der Waals surface area (Å²) in [6, 6.07) is 3.98. The van der Waals surface area contributed by atoms with Crippen molar-refractivity contribution in [2.24, 2.45) is 0 Å². The van der Waals surface area contributed by atoms with Crippen molar-refractivity contribution in [3.8, 4) is 0 Å². The van der Waals surface area contributed by atoms with Crippen molar-refractivity contribution in [1.82, 2.24) is 4.90 Å². The lowest BCUT2D eigenvalue weighted by atomic mass is 10.1. The summed E-state index contributed by atoms with van der Waals surface area (Å²) in [4.78, 5) is 25.3. The van der Waals surface area contributed by atoms with Crippen LogP contribution in [-0.4, -0.2) is 46.0 Å². The van der Waals surface area contributed by atoms with Gasteiger partial charge in [0.25, 0.3) is 5.78 Å². The first kappa shape index (κ1) is 18.9. The van der Waals surface area contributed by atoms with E-state index in [2.05, 4.69) is 5.32 Å². The van der Waals surface area contributed by atoms with Crippen LogP contribution in [0.2, 0.25) is 0 Å². The van der Waals surface area contributed by atoms with Crippen molar-refractivity contribution in [3.63, 3.8) is 0 Å². The van der Waals surface area contributed by atoms with Crippen LogP contribution in [0.5, 0.6) is 0 Å². The molecule has 1 aliphatic carbocycles. The minimum atomic E-state index is -5.24. The topological polar surface area (TPSA) is 69.6 Å². The van der Waals surface area contributed by atoms with Gasteiger partial charge in [0, 0.05) is 29.9 Å². The van der Waals surface area contributed by atoms with Crippen LogP contribution < -0.4 is 5.32 Å². The number of allylic oxidation sites excluding steroid dienone is 1. The maximum Gasteiger partial charge on any atom is 0.455 e. The zero-order chi connectivity index (χ0) is 18.9. The lowest BCUT2D eigenvalue weighted by Gasteiger charge is -2.22. The number of rotatable bonds is 4. The molecule has 9 heteroatoms. The van der Waals surface area contributed by atoms with E-state index in [1.807, 2.05) is 18.7 Å². The molecule has 0 saturated carbocycles. The Hall–Kier alpha value is -2.42. The van der Waals surface area contributed by atoms with Crippen LogP contribution in [0.4, 0.5) is 18.9 Å². The van der Waals surface area contributed by atoms with Gasteiger partial charge in [0.15, 0.2) is 5.11 Å². The lowest BCUT2D eigenvalue weighted by molar-refractivity contribution is -0.166. The Bertz CT molecular complexity index is 783. The highest BCUT2D eigenvalue weighted by atomic mass is 32.1. The van der Waals surface area contributed by atoms with E-state index in [9.17, 15) is 27.9 Å². The number of hydrogen-bond acceptors (Lipinski definition) is 4. The molecule has 0 spiro atoms. The maximum atomic E-state index is 12.6. The normalized spacial score (nSPS) is 13.7. The van der Waals surface area contributed by atoms with E-state index < -0.39 is 29.1 Å². The Kier molecular flexibility index (Phi) is 5.17. The van der Waals surface area contributed by atoms with Crippen LogP contribution in [-0.2, 0) is 4.79 Å². The van der Waals surface area contributed by atoms with E-state index >= 15 is 0 Å². The quantitative estimate of drug-likeness (QED) is 0.624. The summed E-state index contributed by atoms with van der Waals surface area (Å²) >= 11 is 5.22. The van der Waals surface area contributed by atoms with Crippen LogP contribution >= 0.6 is 12.2 Å². The summed E-state index contributed by atoms with van der Waals surface area (Å²) in [5.74, 6) is -4.48. The van der Waals surface area contributed by atoms with E-state index in [4.69, 9.17) is 12.2 Å². The van der Waals surface area contributed by atoms with Crippen molar-refractivity contribution < 1.29 is 27.9 Å². The third-order valence-electron chi connectivity index (χ3n) is 3.77. The van der Waals surface area contributed by atoms with Crippen molar-refractivity contribution in [1.29, 1.82) is 0 Å². The molecule has 1 aromatic rings. The number of nitrogens with zero attached hydrogens (tertiary/aromatic N) is 1. The fourth-order valence-electron chi connectivity index (χ4n) is 2.46. The molecule has 0 heterocycles. The van der Waals surface area contributed by atoms with Crippen LogP contribution in [0.1, 0.15) is 29.8 Å². The number of benzene rings is 1. The molecule has 25 heavy (non-hydrogen) atoms. The van der Waals surface area contributed by atoms with E-state index in [0.29, 0.717) is 23.9 Å². The molecule has 1 aromatic carbocycles. The van der Waals surface area contributed by atoms with Crippen molar-refractivity contribution >= 4 is 40.3 Å². The zero-order valence-electron chi connectivity index (χ0n) is 13.4. The van der Waals surface area contributed by atoms with Gasteiger partial charge in [-0.25, -0.2) is 0 Å². The predicted octanol–water partition coefficient (Wildman–Crippen LogP) is 3.32. The minimum absolute atomic E-state index is 0.134. The molecule has 0 aromatic heterocycles. The number of hydrogen-bond donors (Lipinski definition) is 2. The van der Waals surface area contributed by atoms with Crippen molar-refractivity contribution in [3.05, 3.63) is 34.9 Å². The standard InChI is InChI=1S/C16H15F3N2O3S/c1-3-21(4-2)15(25)20-8-5-6-9-10(7-8)13(23)11(12(9)22)14(24)16(17,18)19/h5-7,23H,3-4H2,1-2H3,(H,20,25). The molecule has 0 aliphatic heterocycles. The molecule has 0 amide bonds. The third kappa shape index (κ3) is 3.51. The highest BCUT2D eigenvalue weighted by molar-refractivity contribution is 7.80. The Balaban J connectivity index is 2.37. The van der Waals surface area contributed by atoms with Crippen LogP contribution in [0, 0.1) is 0 Å². The number of carbonyl (C=O) groups is 2. The molecule has 0 saturated heterocycles. The molecule has 0 fully saturated rings. The number of halogens is 3. The summed E-state index contributed by atoms with van der Waals surface area (Å²) in [6.07, 6.45) is -5.24. The molecular formula is C16H15F3N2O3S. The first-order chi connectivity index (χ1) is 11.6. The molecule has 1 aliphatic rings. The number of thiocarbonyl (C=S) groups is 1. The van der Waals surface area contributed by atoms with Crippen LogP contribution in [0.25, 0.3) is 5.76 Å². The molecule has 0 unspecified atom stereocenters. The van der Waals surface area contributed by atoms with Gasteiger partial charge >= 0.3 is 6.18 Å². The van der Waals surface area contributed by atoms with Gasteiger partial charge in [-0.15, -0.1) is 0 Å². The Labute approximate surface area is 147 Å². The molecule has 2 rings (SSSR count). The smallest absolute Gasteiger partial charge is 0.455 e. The van der Waals surface area contributed by atoms with Gasteiger partial charge in [-0.3, -0.25) is 9.59 Å². The summed E-state index contributed by atoms with van der Waals surface area (Å²) in [5, 5.41) is 13.3. The second-order valence-electron chi connectivity index (χ2n) is 5.24. The van der Waals surface area contributed by atoms with E-state index in [1.165, 1.54) is 18.2 Å². The van der Waals surface area contributed by atoms with Gasteiger partial charge in [-0.05, 0) is 44.3 Å². The van der Waals surface area contributed by atoms with Crippen LogP contribution in [0.15, 0.2) is 23.8 Å². The summed E-state index contributed by atoms with van der Waals surface area (Å²) in [5.41, 5.74) is -1.17. The average molecular weight is 372 g/mol. The summed E-state index contributed by atoms with van der Waals surface area (Å²) in [7, 11) is 0. The molecular weight excluding hydrogens is 357 g/mol. The van der Waals surface area contributed by atoms with Gasteiger partial charge in [-0.1, -0.05) is 0 Å². The second kappa shape index (κ2) is 6.83.